The second-order valence-corrected chi connectivity index (χ2v) is 2.66. The maximum atomic E-state index is 10.6. The van der Waals surface area contributed by atoms with Gasteiger partial charge < -0.3 is 4.74 Å². The maximum Gasteiger partial charge on any atom is 0.274 e. The third-order valence-electron chi connectivity index (χ3n) is 1.80. The van der Waals surface area contributed by atoms with Crippen LogP contribution in [-0.2, 0) is 11.3 Å². The number of nitro groups is 1. The summed E-state index contributed by atoms with van der Waals surface area (Å²) in [6.45, 7) is -0.0724. The van der Waals surface area contributed by atoms with Gasteiger partial charge in [0.2, 0.25) is 6.08 Å². The summed E-state index contributed by atoms with van der Waals surface area (Å²) in [7, 11) is 1.45. The predicted molar refractivity (Wildman–Crippen MR) is 51.5 cm³/mol. The van der Waals surface area contributed by atoms with Gasteiger partial charge in [0, 0.05) is 6.07 Å². The van der Waals surface area contributed by atoms with E-state index in [-0.39, 0.29) is 12.2 Å². The van der Waals surface area contributed by atoms with Gasteiger partial charge in [-0.2, -0.15) is 0 Å². The van der Waals surface area contributed by atoms with E-state index in [1.807, 2.05) is 0 Å². The molecule has 0 N–H and O–H groups in total. The highest BCUT2D eigenvalue weighted by Gasteiger charge is 2.13. The molecule has 0 bridgehead atoms. The van der Waals surface area contributed by atoms with Gasteiger partial charge in [-0.15, -0.1) is 0 Å². The van der Waals surface area contributed by atoms with Crippen LogP contribution in [0.4, 0.5) is 5.69 Å². The van der Waals surface area contributed by atoms with Crippen LogP contribution in [-0.4, -0.2) is 18.1 Å². The molecular formula is C9H8N2O4. The van der Waals surface area contributed by atoms with Crippen LogP contribution in [0.15, 0.2) is 23.2 Å². The van der Waals surface area contributed by atoms with E-state index in [0.29, 0.717) is 11.3 Å². The Kier molecular flexibility index (Phi) is 3.54. The van der Waals surface area contributed by atoms with E-state index in [9.17, 15) is 14.9 Å². The van der Waals surface area contributed by atoms with Crippen LogP contribution in [0, 0.1) is 10.1 Å². The molecule has 0 saturated carbocycles. The third-order valence-corrected chi connectivity index (χ3v) is 1.80. The van der Waals surface area contributed by atoms with Crippen molar-refractivity contribution in [2.75, 3.05) is 7.11 Å². The summed E-state index contributed by atoms with van der Waals surface area (Å²) in [5, 5.41) is 10.6. The summed E-state index contributed by atoms with van der Waals surface area (Å²) in [5.41, 5.74) is 0.234. The van der Waals surface area contributed by atoms with Crippen molar-refractivity contribution in [3.8, 4) is 5.75 Å². The molecule has 0 unspecified atom stereocenters. The number of nitro benzene ring substituents is 1. The van der Waals surface area contributed by atoms with E-state index in [4.69, 9.17) is 4.74 Å². The van der Waals surface area contributed by atoms with Gasteiger partial charge in [0.15, 0.2) is 0 Å². The first-order valence-corrected chi connectivity index (χ1v) is 4.04. The van der Waals surface area contributed by atoms with Crippen molar-refractivity contribution in [1.29, 1.82) is 0 Å². The molecule has 1 rings (SSSR count). The first kappa shape index (κ1) is 10.9. The van der Waals surface area contributed by atoms with Gasteiger partial charge in [-0.25, -0.2) is 9.79 Å². The fourth-order valence-electron chi connectivity index (χ4n) is 1.11. The average Bonchev–Trinajstić information content (AvgIpc) is 2.25. The third kappa shape index (κ3) is 2.62. The summed E-state index contributed by atoms with van der Waals surface area (Å²) in [6.07, 6.45) is 1.33. The molecule has 0 saturated heterocycles. The summed E-state index contributed by atoms with van der Waals surface area (Å²) >= 11 is 0. The number of benzene rings is 1. The Morgan fingerprint density at radius 1 is 1.60 bits per heavy atom. The molecular weight excluding hydrogens is 200 g/mol. The lowest BCUT2D eigenvalue weighted by atomic mass is 10.1. The quantitative estimate of drug-likeness (QED) is 0.324. The van der Waals surface area contributed by atoms with Gasteiger partial charge in [-0.1, -0.05) is 0 Å². The number of isocyanates is 1. The fraction of sp³-hybridized carbons (Fsp3) is 0.222. The second kappa shape index (κ2) is 4.88. The summed E-state index contributed by atoms with van der Waals surface area (Å²) in [5.74, 6) is 0.483. The van der Waals surface area contributed by atoms with Crippen molar-refractivity contribution >= 4 is 11.8 Å². The largest absolute Gasteiger partial charge is 0.497 e. The van der Waals surface area contributed by atoms with Crippen molar-refractivity contribution in [2.24, 2.45) is 4.99 Å². The van der Waals surface area contributed by atoms with Gasteiger partial charge in [-0.05, 0) is 12.1 Å². The van der Waals surface area contributed by atoms with Gasteiger partial charge in [-0.3, -0.25) is 10.1 Å². The van der Waals surface area contributed by atoms with Crippen molar-refractivity contribution in [1.82, 2.24) is 0 Å². The number of ether oxygens (including phenoxy) is 1. The molecule has 0 aromatic heterocycles. The standard InChI is InChI=1S/C9H8N2O4/c1-15-8-2-3-9(11(13)14)7(4-8)5-10-6-12/h2-4H,5H2,1H3. The first-order valence-electron chi connectivity index (χ1n) is 4.04. The van der Waals surface area contributed by atoms with Crippen LogP contribution in [0.1, 0.15) is 5.56 Å². The minimum Gasteiger partial charge on any atom is -0.497 e. The zero-order chi connectivity index (χ0) is 11.3. The zero-order valence-corrected chi connectivity index (χ0v) is 7.97. The molecule has 6 nitrogen and oxygen atoms in total. The molecule has 0 spiro atoms. The summed E-state index contributed by atoms with van der Waals surface area (Å²) in [4.78, 5) is 23.3. The van der Waals surface area contributed by atoms with E-state index in [0.717, 1.165) is 0 Å². The number of aliphatic imine (C=N–C) groups is 1. The molecule has 0 fully saturated rings. The van der Waals surface area contributed by atoms with Crippen molar-refractivity contribution in [3.63, 3.8) is 0 Å². The number of hydrogen-bond acceptors (Lipinski definition) is 5. The minimum absolute atomic E-state index is 0.0724. The highest BCUT2D eigenvalue weighted by atomic mass is 16.6. The lowest BCUT2D eigenvalue weighted by Crippen LogP contribution is -1.95. The molecule has 0 amide bonds. The topological polar surface area (TPSA) is 81.8 Å². The first-order chi connectivity index (χ1) is 7.19. The smallest absolute Gasteiger partial charge is 0.274 e. The van der Waals surface area contributed by atoms with E-state index < -0.39 is 4.92 Å². The molecule has 15 heavy (non-hydrogen) atoms. The molecule has 0 heterocycles. The monoisotopic (exact) mass is 208 g/mol. The van der Waals surface area contributed by atoms with Crippen LogP contribution < -0.4 is 4.74 Å². The fourth-order valence-corrected chi connectivity index (χ4v) is 1.11. The number of carbonyl (C=O) groups excluding carboxylic acids is 1. The Bertz CT molecular complexity index is 424. The number of nitrogens with zero attached hydrogens (tertiary/aromatic N) is 2. The molecule has 0 radical (unpaired) electrons. The zero-order valence-electron chi connectivity index (χ0n) is 7.97. The van der Waals surface area contributed by atoms with Crippen LogP contribution >= 0.6 is 0 Å². The summed E-state index contributed by atoms with van der Waals surface area (Å²) in [6, 6.07) is 4.26. The molecule has 0 aliphatic heterocycles. The highest BCUT2D eigenvalue weighted by Crippen LogP contribution is 2.24. The molecule has 0 aliphatic carbocycles. The molecule has 78 valence electrons. The Morgan fingerprint density at radius 2 is 2.33 bits per heavy atom. The molecule has 1 aromatic carbocycles. The molecule has 0 aliphatic rings. The van der Waals surface area contributed by atoms with Gasteiger partial charge in [0.05, 0.1) is 24.1 Å². The normalized spacial score (nSPS) is 9.13. The molecule has 0 atom stereocenters. The second-order valence-electron chi connectivity index (χ2n) is 2.66. The van der Waals surface area contributed by atoms with Crippen LogP contribution in [0.25, 0.3) is 0 Å². The SMILES string of the molecule is COc1ccc([N+](=O)[O-])c(CN=C=O)c1. The Morgan fingerprint density at radius 3 is 2.87 bits per heavy atom. The van der Waals surface area contributed by atoms with Gasteiger partial charge in [0.25, 0.3) is 5.69 Å². The van der Waals surface area contributed by atoms with Crippen molar-refractivity contribution in [3.05, 3.63) is 33.9 Å². The lowest BCUT2D eigenvalue weighted by molar-refractivity contribution is -0.385. The number of hydrogen-bond donors (Lipinski definition) is 0. The van der Waals surface area contributed by atoms with E-state index in [1.54, 1.807) is 0 Å². The lowest BCUT2D eigenvalue weighted by Gasteiger charge is -2.02. The van der Waals surface area contributed by atoms with Crippen LogP contribution in [0.5, 0.6) is 5.75 Å². The Hall–Kier alpha value is -2.20. The predicted octanol–water partition coefficient (Wildman–Crippen LogP) is 1.44. The van der Waals surface area contributed by atoms with Crippen molar-refractivity contribution in [2.45, 2.75) is 6.54 Å². The molecule has 6 heteroatoms. The number of methoxy groups -OCH3 is 1. The number of rotatable bonds is 4. The maximum absolute atomic E-state index is 10.6. The average molecular weight is 208 g/mol. The van der Waals surface area contributed by atoms with E-state index >= 15 is 0 Å². The Balaban J connectivity index is 3.15. The van der Waals surface area contributed by atoms with E-state index in [1.165, 1.54) is 31.4 Å². The van der Waals surface area contributed by atoms with Gasteiger partial charge in [0.1, 0.15) is 5.75 Å². The van der Waals surface area contributed by atoms with Crippen LogP contribution in [0.2, 0.25) is 0 Å². The highest BCUT2D eigenvalue weighted by molar-refractivity contribution is 5.46. The Labute approximate surface area is 85.3 Å². The summed E-state index contributed by atoms with van der Waals surface area (Å²) < 4.78 is 4.91. The van der Waals surface area contributed by atoms with E-state index in [2.05, 4.69) is 4.99 Å². The molecule has 1 aromatic rings. The van der Waals surface area contributed by atoms with Crippen LogP contribution in [0.3, 0.4) is 0 Å². The van der Waals surface area contributed by atoms with Crippen molar-refractivity contribution < 1.29 is 14.5 Å². The van der Waals surface area contributed by atoms with Gasteiger partial charge >= 0.3 is 0 Å². The minimum atomic E-state index is -0.533.